The number of esters is 1. The molecule has 0 spiro atoms. The number of alkyl halides is 1. The SMILES string of the molecule is O=C1OC(CCCCl)=NC1=Cc1ccccc1. The lowest BCUT2D eigenvalue weighted by Gasteiger charge is -1.94. The molecule has 0 fully saturated rings. The van der Waals surface area contributed by atoms with E-state index in [0.29, 0.717) is 23.9 Å². The second-order valence-electron chi connectivity index (χ2n) is 3.63. The molecule has 1 aliphatic rings. The van der Waals surface area contributed by atoms with Gasteiger partial charge < -0.3 is 4.74 Å². The fourth-order valence-electron chi connectivity index (χ4n) is 1.49. The van der Waals surface area contributed by atoms with E-state index in [1.807, 2.05) is 30.3 Å². The number of aliphatic imine (C=N–C) groups is 1. The van der Waals surface area contributed by atoms with Gasteiger partial charge in [-0.2, -0.15) is 0 Å². The van der Waals surface area contributed by atoms with Gasteiger partial charge in [-0.3, -0.25) is 0 Å². The van der Waals surface area contributed by atoms with Gasteiger partial charge in [-0.25, -0.2) is 9.79 Å². The Labute approximate surface area is 105 Å². The molecule has 0 saturated carbocycles. The molecule has 0 atom stereocenters. The van der Waals surface area contributed by atoms with Crippen LogP contribution in [0.15, 0.2) is 41.0 Å². The van der Waals surface area contributed by atoms with Gasteiger partial charge in [0.15, 0.2) is 11.6 Å². The lowest BCUT2D eigenvalue weighted by molar-refractivity contribution is -0.130. The average Bonchev–Trinajstić information content (AvgIpc) is 2.69. The average molecular weight is 250 g/mol. The van der Waals surface area contributed by atoms with Crippen molar-refractivity contribution in [2.75, 3.05) is 5.88 Å². The van der Waals surface area contributed by atoms with Crippen molar-refractivity contribution >= 4 is 29.5 Å². The van der Waals surface area contributed by atoms with Gasteiger partial charge in [0, 0.05) is 12.3 Å². The molecule has 17 heavy (non-hydrogen) atoms. The van der Waals surface area contributed by atoms with Crippen LogP contribution < -0.4 is 0 Å². The molecule has 0 aliphatic carbocycles. The molecule has 0 saturated heterocycles. The van der Waals surface area contributed by atoms with Crippen LogP contribution in [0.4, 0.5) is 0 Å². The van der Waals surface area contributed by atoms with Crippen molar-refractivity contribution in [3.63, 3.8) is 0 Å². The van der Waals surface area contributed by atoms with Crippen molar-refractivity contribution in [1.29, 1.82) is 0 Å². The maximum Gasteiger partial charge on any atom is 0.363 e. The minimum atomic E-state index is -0.390. The third-order valence-corrected chi connectivity index (χ3v) is 2.56. The Bertz CT molecular complexity index is 466. The zero-order valence-corrected chi connectivity index (χ0v) is 9.98. The molecule has 0 aromatic heterocycles. The number of carbonyl (C=O) groups excluding carboxylic acids is 1. The van der Waals surface area contributed by atoms with Gasteiger partial charge in [0.1, 0.15) is 0 Å². The number of cyclic esters (lactones) is 1. The summed E-state index contributed by atoms with van der Waals surface area (Å²) in [7, 11) is 0. The zero-order valence-electron chi connectivity index (χ0n) is 9.23. The van der Waals surface area contributed by atoms with Crippen LogP contribution in [0.25, 0.3) is 6.08 Å². The van der Waals surface area contributed by atoms with Gasteiger partial charge in [-0.1, -0.05) is 30.3 Å². The first-order valence-electron chi connectivity index (χ1n) is 5.42. The van der Waals surface area contributed by atoms with Crippen molar-refractivity contribution in [3.05, 3.63) is 41.6 Å². The summed E-state index contributed by atoms with van der Waals surface area (Å²) in [6, 6.07) is 9.55. The van der Waals surface area contributed by atoms with E-state index < -0.39 is 5.97 Å². The quantitative estimate of drug-likeness (QED) is 0.467. The molecule has 0 N–H and O–H groups in total. The minimum absolute atomic E-state index is 0.348. The smallest absolute Gasteiger partial charge is 0.363 e. The predicted octanol–water partition coefficient (Wildman–Crippen LogP) is 3.00. The predicted molar refractivity (Wildman–Crippen MR) is 67.9 cm³/mol. The normalized spacial score (nSPS) is 17.1. The summed E-state index contributed by atoms with van der Waals surface area (Å²) in [6.07, 6.45) is 3.07. The first-order valence-corrected chi connectivity index (χ1v) is 5.95. The fourth-order valence-corrected chi connectivity index (χ4v) is 1.62. The van der Waals surface area contributed by atoms with E-state index in [2.05, 4.69) is 4.99 Å². The molecule has 3 nitrogen and oxygen atoms in total. The highest BCUT2D eigenvalue weighted by atomic mass is 35.5. The number of hydrogen-bond donors (Lipinski definition) is 0. The molecular formula is C13H12ClNO2. The maximum absolute atomic E-state index is 11.5. The molecule has 1 aromatic rings. The highest BCUT2D eigenvalue weighted by Gasteiger charge is 2.22. The molecule has 0 amide bonds. The summed E-state index contributed by atoms with van der Waals surface area (Å²) in [6.45, 7) is 0. The standard InChI is InChI=1S/C13H12ClNO2/c14-8-4-7-12-15-11(13(16)17-12)9-10-5-2-1-3-6-10/h1-3,5-6,9H,4,7-8H2. The Kier molecular flexibility index (Phi) is 3.94. The molecular weight excluding hydrogens is 238 g/mol. The lowest BCUT2D eigenvalue weighted by Crippen LogP contribution is -2.03. The molecule has 4 heteroatoms. The van der Waals surface area contributed by atoms with E-state index in [1.165, 1.54) is 0 Å². The van der Waals surface area contributed by atoms with Crippen LogP contribution in [0.1, 0.15) is 18.4 Å². The van der Waals surface area contributed by atoms with Crippen LogP contribution >= 0.6 is 11.6 Å². The maximum atomic E-state index is 11.5. The van der Waals surface area contributed by atoms with Crippen molar-refractivity contribution in [1.82, 2.24) is 0 Å². The number of nitrogens with zero attached hydrogens (tertiary/aromatic N) is 1. The summed E-state index contributed by atoms with van der Waals surface area (Å²) in [5, 5.41) is 0. The van der Waals surface area contributed by atoms with Crippen LogP contribution in [-0.4, -0.2) is 17.7 Å². The molecule has 1 heterocycles. The second-order valence-corrected chi connectivity index (χ2v) is 4.01. The molecule has 1 aliphatic heterocycles. The van der Waals surface area contributed by atoms with Gasteiger partial charge in [0.25, 0.3) is 0 Å². The van der Waals surface area contributed by atoms with Gasteiger partial charge in [0.05, 0.1) is 0 Å². The Morgan fingerprint density at radius 1 is 1.29 bits per heavy atom. The summed E-state index contributed by atoms with van der Waals surface area (Å²) >= 11 is 5.57. The van der Waals surface area contributed by atoms with E-state index in [1.54, 1.807) is 6.08 Å². The van der Waals surface area contributed by atoms with Crippen LogP contribution in [-0.2, 0) is 9.53 Å². The van der Waals surface area contributed by atoms with Crippen molar-refractivity contribution < 1.29 is 9.53 Å². The van der Waals surface area contributed by atoms with Crippen molar-refractivity contribution in [2.45, 2.75) is 12.8 Å². The van der Waals surface area contributed by atoms with Crippen LogP contribution in [0.5, 0.6) is 0 Å². The first-order chi connectivity index (χ1) is 8.29. The van der Waals surface area contributed by atoms with E-state index in [0.717, 1.165) is 12.0 Å². The van der Waals surface area contributed by atoms with E-state index in [9.17, 15) is 4.79 Å². The van der Waals surface area contributed by atoms with Crippen LogP contribution in [0.2, 0.25) is 0 Å². The largest absolute Gasteiger partial charge is 0.407 e. The molecule has 2 rings (SSSR count). The van der Waals surface area contributed by atoms with Gasteiger partial charge in [0.2, 0.25) is 0 Å². The van der Waals surface area contributed by atoms with E-state index >= 15 is 0 Å². The number of benzene rings is 1. The lowest BCUT2D eigenvalue weighted by atomic mass is 10.2. The number of ether oxygens (including phenoxy) is 1. The highest BCUT2D eigenvalue weighted by Crippen LogP contribution is 2.17. The number of hydrogen-bond acceptors (Lipinski definition) is 3. The first kappa shape index (κ1) is 11.9. The molecule has 0 radical (unpaired) electrons. The Morgan fingerprint density at radius 3 is 2.76 bits per heavy atom. The summed E-state index contributed by atoms with van der Waals surface area (Å²) in [4.78, 5) is 15.7. The molecule has 0 unspecified atom stereocenters. The molecule has 88 valence electrons. The summed E-state index contributed by atoms with van der Waals surface area (Å²) < 4.78 is 5.03. The second kappa shape index (κ2) is 5.64. The number of halogens is 1. The summed E-state index contributed by atoms with van der Waals surface area (Å²) in [5.41, 5.74) is 1.28. The molecule has 1 aromatic carbocycles. The number of carbonyl (C=O) groups is 1. The Morgan fingerprint density at radius 2 is 2.06 bits per heavy atom. The van der Waals surface area contributed by atoms with Crippen molar-refractivity contribution in [2.24, 2.45) is 4.99 Å². The fraction of sp³-hybridized carbons (Fsp3) is 0.231. The van der Waals surface area contributed by atoms with E-state index in [4.69, 9.17) is 16.3 Å². The van der Waals surface area contributed by atoms with Gasteiger partial charge >= 0.3 is 5.97 Å². The van der Waals surface area contributed by atoms with Crippen LogP contribution in [0, 0.1) is 0 Å². The Hall–Kier alpha value is -1.61. The molecule has 0 bridgehead atoms. The third-order valence-electron chi connectivity index (χ3n) is 2.29. The highest BCUT2D eigenvalue weighted by molar-refractivity contribution is 6.18. The monoisotopic (exact) mass is 249 g/mol. The van der Waals surface area contributed by atoms with Gasteiger partial charge in [-0.05, 0) is 18.1 Å². The van der Waals surface area contributed by atoms with Crippen LogP contribution in [0.3, 0.4) is 0 Å². The zero-order chi connectivity index (χ0) is 12.1. The Balaban J connectivity index is 2.13. The number of rotatable bonds is 4. The van der Waals surface area contributed by atoms with Crippen molar-refractivity contribution in [3.8, 4) is 0 Å². The third kappa shape index (κ3) is 3.17. The van der Waals surface area contributed by atoms with E-state index in [-0.39, 0.29) is 0 Å². The minimum Gasteiger partial charge on any atom is -0.407 e. The topological polar surface area (TPSA) is 38.7 Å². The van der Waals surface area contributed by atoms with Gasteiger partial charge in [-0.15, -0.1) is 11.6 Å². The summed E-state index contributed by atoms with van der Waals surface area (Å²) in [5.74, 6) is 0.602.